The molecule has 2 fully saturated rings. The van der Waals surface area contributed by atoms with Gasteiger partial charge in [0.15, 0.2) is 0 Å². The largest absolute Gasteiger partial charge is 0.464 e. The van der Waals surface area contributed by atoms with Crippen LogP contribution < -0.4 is 4.90 Å². The number of carbonyl (C=O) groups excluding carboxylic acids is 2. The molecule has 2 aliphatic rings. The van der Waals surface area contributed by atoms with Crippen molar-refractivity contribution in [2.75, 3.05) is 31.6 Å². The van der Waals surface area contributed by atoms with E-state index in [-0.39, 0.29) is 11.4 Å². The normalized spacial score (nSPS) is 16.6. The van der Waals surface area contributed by atoms with Crippen molar-refractivity contribution in [3.05, 3.63) is 53.5 Å². The summed E-state index contributed by atoms with van der Waals surface area (Å²) in [7, 11) is 1.34. The molecule has 1 N–H and O–H groups in total. The van der Waals surface area contributed by atoms with Crippen molar-refractivity contribution in [1.82, 2.24) is 19.9 Å². The quantitative estimate of drug-likeness (QED) is 0.600. The molecular formula is C24H24N6O3. The van der Waals surface area contributed by atoms with Gasteiger partial charge in [0.2, 0.25) is 5.91 Å². The molecule has 0 atom stereocenters. The first kappa shape index (κ1) is 20.9. The second-order valence-corrected chi connectivity index (χ2v) is 8.65. The zero-order chi connectivity index (χ0) is 23.0. The molecule has 0 radical (unpaired) electrons. The Balaban J connectivity index is 1.32. The molecule has 168 valence electrons. The van der Waals surface area contributed by atoms with Gasteiger partial charge in [0, 0.05) is 19.6 Å². The van der Waals surface area contributed by atoms with E-state index in [1.165, 1.54) is 13.4 Å². The van der Waals surface area contributed by atoms with Crippen LogP contribution in [0.1, 0.15) is 34.5 Å². The molecule has 0 unspecified atom stereocenters. The summed E-state index contributed by atoms with van der Waals surface area (Å²) < 4.78 is 4.81. The van der Waals surface area contributed by atoms with E-state index in [4.69, 9.17) is 10.00 Å². The molecule has 1 saturated carbocycles. The van der Waals surface area contributed by atoms with Crippen LogP contribution in [0.25, 0.3) is 11.0 Å². The van der Waals surface area contributed by atoms with Gasteiger partial charge in [0.25, 0.3) is 0 Å². The summed E-state index contributed by atoms with van der Waals surface area (Å²) in [5, 5.41) is 9.59. The minimum Gasteiger partial charge on any atom is -0.464 e. The highest BCUT2D eigenvalue weighted by atomic mass is 16.5. The third-order valence-corrected chi connectivity index (χ3v) is 6.55. The number of methoxy groups -OCH3 is 1. The van der Waals surface area contributed by atoms with Gasteiger partial charge in [-0.25, -0.2) is 14.8 Å². The number of aromatic nitrogens is 3. The molecule has 9 nitrogen and oxygen atoms in total. The number of rotatable bonds is 5. The monoisotopic (exact) mass is 444 g/mol. The van der Waals surface area contributed by atoms with Crippen molar-refractivity contribution in [3.8, 4) is 6.07 Å². The van der Waals surface area contributed by atoms with E-state index in [0.717, 1.165) is 35.2 Å². The first-order valence-electron chi connectivity index (χ1n) is 11.0. The standard InChI is InChI=1S/C24H24N6O3/c1-33-23(32)19-13-18-21(28-19)26-15-27-22(18)29-10-11-30(24(14-29)7-8-24)20(31)12-17-4-2-16(3-5-17)6-9-25/h2-5,13,15H,6-8,10-12,14H2,1H3,(H,26,27,28). The van der Waals surface area contributed by atoms with E-state index < -0.39 is 5.97 Å². The average Bonchev–Trinajstić information content (AvgIpc) is 3.43. The molecule has 3 heterocycles. The first-order valence-corrected chi connectivity index (χ1v) is 11.0. The van der Waals surface area contributed by atoms with Crippen LogP contribution in [0.2, 0.25) is 0 Å². The Hall–Kier alpha value is -3.93. The van der Waals surface area contributed by atoms with Crippen molar-refractivity contribution < 1.29 is 14.3 Å². The van der Waals surface area contributed by atoms with E-state index in [0.29, 0.717) is 43.8 Å². The third kappa shape index (κ3) is 3.89. The Morgan fingerprint density at radius 3 is 2.64 bits per heavy atom. The van der Waals surface area contributed by atoms with Crippen molar-refractivity contribution in [2.24, 2.45) is 0 Å². The van der Waals surface area contributed by atoms with Crippen LogP contribution in [-0.4, -0.2) is 64.0 Å². The molecule has 3 aromatic rings. The zero-order valence-electron chi connectivity index (χ0n) is 18.4. The lowest BCUT2D eigenvalue weighted by molar-refractivity contribution is -0.134. The Morgan fingerprint density at radius 1 is 1.18 bits per heavy atom. The molecular weight excluding hydrogens is 420 g/mol. The van der Waals surface area contributed by atoms with Crippen LogP contribution in [0, 0.1) is 11.3 Å². The van der Waals surface area contributed by atoms with Gasteiger partial charge in [0.05, 0.1) is 36.9 Å². The second kappa shape index (κ2) is 8.20. The number of nitriles is 1. The molecule has 1 aromatic carbocycles. The van der Waals surface area contributed by atoms with Crippen molar-refractivity contribution in [2.45, 2.75) is 31.2 Å². The number of hydrogen-bond donors (Lipinski definition) is 1. The van der Waals surface area contributed by atoms with E-state index in [9.17, 15) is 9.59 Å². The molecule has 9 heteroatoms. The van der Waals surface area contributed by atoms with Crippen molar-refractivity contribution >= 4 is 28.7 Å². The number of fused-ring (bicyclic) bond motifs is 1. The second-order valence-electron chi connectivity index (χ2n) is 8.65. The maximum atomic E-state index is 13.2. The molecule has 1 amide bonds. The lowest BCUT2D eigenvalue weighted by atomic mass is 10.0. The summed E-state index contributed by atoms with van der Waals surface area (Å²) in [6.45, 7) is 1.97. The van der Waals surface area contributed by atoms with Crippen LogP contribution in [0.5, 0.6) is 0 Å². The summed E-state index contributed by atoms with van der Waals surface area (Å²) in [6, 6.07) is 11.6. The van der Waals surface area contributed by atoms with Crippen LogP contribution in [0.15, 0.2) is 36.7 Å². The maximum Gasteiger partial charge on any atom is 0.354 e. The molecule has 33 heavy (non-hydrogen) atoms. The van der Waals surface area contributed by atoms with Crippen molar-refractivity contribution in [3.63, 3.8) is 0 Å². The lowest BCUT2D eigenvalue weighted by Crippen LogP contribution is -2.57. The highest BCUT2D eigenvalue weighted by molar-refractivity contribution is 5.97. The number of ether oxygens (including phenoxy) is 1. The van der Waals surface area contributed by atoms with E-state index in [1.807, 2.05) is 29.2 Å². The number of nitrogens with one attached hydrogen (secondary N) is 1. The van der Waals surface area contributed by atoms with Crippen LogP contribution in [0.3, 0.4) is 0 Å². The predicted molar refractivity (Wildman–Crippen MR) is 121 cm³/mol. The summed E-state index contributed by atoms with van der Waals surface area (Å²) in [4.78, 5) is 41.1. The zero-order valence-corrected chi connectivity index (χ0v) is 18.4. The number of anilines is 1. The van der Waals surface area contributed by atoms with Crippen LogP contribution in [-0.2, 0) is 22.4 Å². The number of nitrogens with zero attached hydrogens (tertiary/aromatic N) is 5. The molecule has 5 rings (SSSR count). The number of amides is 1. The minimum atomic E-state index is -0.450. The molecule has 1 saturated heterocycles. The van der Waals surface area contributed by atoms with Gasteiger partial charge in [-0.15, -0.1) is 0 Å². The molecule has 1 aliphatic heterocycles. The summed E-state index contributed by atoms with van der Waals surface area (Å²) in [6.07, 6.45) is 4.14. The first-order chi connectivity index (χ1) is 16.0. The number of piperazine rings is 1. The van der Waals surface area contributed by atoms with Crippen LogP contribution >= 0.6 is 0 Å². The molecule has 1 aliphatic carbocycles. The number of H-pyrrole nitrogens is 1. The highest BCUT2D eigenvalue weighted by Crippen LogP contribution is 2.45. The van der Waals surface area contributed by atoms with Crippen molar-refractivity contribution in [1.29, 1.82) is 5.26 Å². The maximum absolute atomic E-state index is 13.2. The lowest BCUT2D eigenvalue weighted by Gasteiger charge is -2.43. The van der Waals surface area contributed by atoms with Gasteiger partial charge in [-0.3, -0.25) is 4.79 Å². The summed E-state index contributed by atoms with van der Waals surface area (Å²) in [5.41, 5.74) is 2.67. The Morgan fingerprint density at radius 2 is 1.94 bits per heavy atom. The van der Waals surface area contributed by atoms with Gasteiger partial charge in [-0.1, -0.05) is 24.3 Å². The predicted octanol–water partition coefficient (Wildman–Crippen LogP) is 2.23. The topological polar surface area (TPSA) is 115 Å². The van der Waals surface area contributed by atoms with Gasteiger partial charge in [0.1, 0.15) is 23.5 Å². The smallest absolute Gasteiger partial charge is 0.354 e. The van der Waals surface area contributed by atoms with Gasteiger partial charge < -0.3 is 19.5 Å². The molecule has 0 bridgehead atoms. The number of aromatic amines is 1. The fraction of sp³-hybridized carbons (Fsp3) is 0.375. The van der Waals surface area contributed by atoms with E-state index in [2.05, 4.69) is 25.9 Å². The number of hydrogen-bond acceptors (Lipinski definition) is 7. The highest BCUT2D eigenvalue weighted by Gasteiger charge is 2.53. The summed E-state index contributed by atoms with van der Waals surface area (Å²) in [5.74, 6) is 0.439. The van der Waals surface area contributed by atoms with Gasteiger partial charge in [-0.05, 0) is 30.0 Å². The van der Waals surface area contributed by atoms with Gasteiger partial charge >= 0.3 is 5.97 Å². The summed E-state index contributed by atoms with van der Waals surface area (Å²) >= 11 is 0. The van der Waals surface area contributed by atoms with E-state index in [1.54, 1.807) is 6.07 Å². The van der Waals surface area contributed by atoms with Gasteiger partial charge in [-0.2, -0.15) is 5.26 Å². The fourth-order valence-electron chi connectivity index (χ4n) is 4.65. The minimum absolute atomic E-state index is 0.127. The number of carbonyl (C=O) groups is 2. The Labute approximate surface area is 191 Å². The third-order valence-electron chi connectivity index (χ3n) is 6.55. The average molecular weight is 444 g/mol. The fourth-order valence-corrected chi connectivity index (χ4v) is 4.65. The Kier molecular flexibility index (Phi) is 5.21. The SMILES string of the molecule is COC(=O)c1cc2c(N3CCN(C(=O)Cc4ccc(CC#N)cc4)C4(CC4)C3)ncnc2[nH]1. The molecule has 2 aromatic heterocycles. The number of esters is 1. The molecule has 1 spiro atoms. The van der Waals surface area contributed by atoms with Crippen LogP contribution in [0.4, 0.5) is 5.82 Å². The Bertz CT molecular complexity index is 1260. The van der Waals surface area contributed by atoms with E-state index >= 15 is 0 Å². The number of benzene rings is 1.